The van der Waals surface area contributed by atoms with Crippen molar-refractivity contribution < 1.29 is 0 Å². The van der Waals surface area contributed by atoms with Gasteiger partial charge in [0.15, 0.2) is 5.82 Å². The van der Waals surface area contributed by atoms with Gasteiger partial charge in [-0.05, 0) is 83.2 Å². The molecule has 0 saturated heterocycles. The summed E-state index contributed by atoms with van der Waals surface area (Å²) in [4.78, 5) is 10.7. The third-order valence-corrected chi connectivity index (χ3v) is 12.1. The topological polar surface area (TPSA) is 25.8 Å². The fraction of sp³-hybridized carbons (Fsp3) is 0.0189. The van der Waals surface area contributed by atoms with Crippen LogP contribution in [0.15, 0.2) is 194 Å². The van der Waals surface area contributed by atoms with Crippen LogP contribution < -0.4 is 0 Å². The van der Waals surface area contributed by atoms with Gasteiger partial charge in [-0.1, -0.05) is 188 Å². The Bertz CT molecular complexity index is 3110. The maximum atomic E-state index is 5.41. The molecule has 254 valence electrons. The molecule has 1 spiro atoms. The molecular formula is C53H32N2. The van der Waals surface area contributed by atoms with E-state index in [4.69, 9.17) is 9.97 Å². The quantitative estimate of drug-likeness (QED) is 0.172. The Morgan fingerprint density at radius 3 is 1.38 bits per heavy atom. The molecule has 10 aromatic rings. The number of fused-ring (bicyclic) bond motifs is 13. The Hall–Kier alpha value is -7.16. The number of hydrogen-bond acceptors (Lipinski definition) is 2. The normalized spacial score (nSPS) is 13.2. The number of nitrogens with zero attached hydrogens (tertiary/aromatic N) is 2. The molecule has 0 bridgehead atoms. The maximum absolute atomic E-state index is 5.41. The van der Waals surface area contributed by atoms with Crippen molar-refractivity contribution in [2.45, 2.75) is 5.41 Å². The summed E-state index contributed by atoms with van der Waals surface area (Å²) in [7, 11) is 0. The zero-order valence-corrected chi connectivity index (χ0v) is 29.9. The van der Waals surface area contributed by atoms with Gasteiger partial charge in [0.1, 0.15) is 0 Å². The minimum absolute atomic E-state index is 0.409. The van der Waals surface area contributed by atoms with Gasteiger partial charge in [0.2, 0.25) is 0 Å². The van der Waals surface area contributed by atoms with E-state index >= 15 is 0 Å². The van der Waals surface area contributed by atoms with Gasteiger partial charge < -0.3 is 0 Å². The average Bonchev–Trinajstić information content (AvgIpc) is 3.73. The molecule has 0 saturated carbocycles. The fourth-order valence-corrected chi connectivity index (χ4v) is 10.0. The van der Waals surface area contributed by atoms with Gasteiger partial charge in [0.05, 0.1) is 16.6 Å². The molecule has 0 fully saturated rings. The van der Waals surface area contributed by atoms with Crippen LogP contribution in [0.4, 0.5) is 0 Å². The van der Waals surface area contributed by atoms with Gasteiger partial charge in [0.25, 0.3) is 0 Å². The number of aromatic nitrogens is 2. The van der Waals surface area contributed by atoms with Gasteiger partial charge >= 0.3 is 0 Å². The van der Waals surface area contributed by atoms with E-state index in [1.165, 1.54) is 66.4 Å². The lowest BCUT2D eigenvalue weighted by Gasteiger charge is -2.30. The summed E-state index contributed by atoms with van der Waals surface area (Å²) in [5, 5.41) is 5.70. The third-order valence-electron chi connectivity index (χ3n) is 12.1. The van der Waals surface area contributed by atoms with E-state index < -0.39 is 5.41 Å². The van der Waals surface area contributed by atoms with Gasteiger partial charge in [0, 0.05) is 16.5 Å². The standard InChI is InChI=1S/C53H32N2/c1-2-17-33(18-3-1)51-41-26-11-15-32-47(41)54-52(55-51)50-38-23-6-4-21-36(38)48(37-22-5-7-24-39(37)50)42-27-16-31-46-49(42)40-25-10-14-30-45(40)53(46)43-28-12-8-19-34(43)35-20-9-13-29-44(35)53/h1-32H. The molecule has 55 heavy (non-hydrogen) atoms. The smallest absolute Gasteiger partial charge is 0.161 e. The predicted molar refractivity (Wildman–Crippen MR) is 227 cm³/mol. The Labute approximate surface area is 319 Å². The van der Waals surface area contributed by atoms with Crippen molar-refractivity contribution in [1.29, 1.82) is 0 Å². The Kier molecular flexibility index (Phi) is 6.29. The second-order valence-corrected chi connectivity index (χ2v) is 14.7. The molecular weight excluding hydrogens is 665 g/mol. The minimum Gasteiger partial charge on any atom is -0.228 e. The van der Waals surface area contributed by atoms with Crippen molar-refractivity contribution in [2.24, 2.45) is 0 Å². The highest BCUT2D eigenvalue weighted by Crippen LogP contribution is 2.64. The van der Waals surface area contributed by atoms with E-state index in [1.807, 2.05) is 0 Å². The summed E-state index contributed by atoms with van der Waals surface area (Å²) in [6.45, 7) is 0. The van der Waals surface area contributed by atoms with Crippen LogP contribution in [0.1, 0.15) is 22.3 Å². The van der Waals surface area contributed by atoms with E-state index in [1.54, 1.807) is 0 Å². The van der Waals surface area contributed by atoms with Crippen LogP contribution in [-0.4, -0.2) is 9.97 Å². The number of hydrogen-bond donors (Lipinski definition) is 0. The van der Waals surface area contributed by atoms with Crippen molar-refractivity contribution in [3.8, 4) is 56.0 Å². The minimum atomic E-state index is -0.409. The average molecular weight is 697 g/mol. The second kappa shape index (κ2) is 11.4. The van der Waals surface area contributed by atoms with E-state index in [2.05, 4.69) is 194 Å². The molecule has 12 rings (SSSR count). The van der Waals surface area contributed by atoms with Gasteiger partial charge in [-0.3, -0.25) is 0 Å². The van der Waals surface area contributed by atoms with Crippen LogP contribution in [0.2, 0.25) is 0 Å². The van der Waals surface area contributed by atoms with Crippen molar-refractivity contribution >= 4 is 32.4 Å². The largest absolute Gasteiger partial charge is 0.228 e. The molecule has 0 unspecified atom stereocenters. The summed E-state index contributed by atoms with van der Waals surface area (Å²) < 4.78 is 0. The van der Waals surface area contributed by atoms with E-state index in [-0.39, 0.29) is 0 Å². The molecule has 2 aliphatic rings. The summed E-state index contributed by atoms with van der Waals surface area (Å²) in [5.74, 6) is 0.735. The highest BCUT2D eigenvalue weighted by atomic mass is 14.9. The second-order valence-electron chi connectivity index (χ2n) is 14.7. The van der Waals surface area contributed by atoms with Gasteiger partial charge in [-0.25, -0.2) is 9.97 Å². The summed E-state index contributed by atoms with van der Waals surface area (Å²) >= 11 is 0. The van der Waals surface area contributed by atoms with Gasteiger partial charge in [-0.15, -0.1) is 0 Å². The lowest BCUT2D eigenvalue weighted by atomic mass is 9.70. The summed E-state index contributed by atoms with van der Waals surface area (Å²) in [5.41, 5.74) is 16.7. The molecule has 1 heterocycles. The molecule has 0 N–H and O–H groups in total. The van der Waals surface area contributed by atoms with Crippen LogP contribution in [0.5, 0.6) is 0 Å². The Balaban J connectivity index is 1.19. The van der Waals surface area contributed by atoms with E-state index in [9.17, 15) is 0 Å². The molecule has 2 aliphatic carbocycles. The van der Waals surface area contributed by atoms with Crippen LogP contribution in [0, 0.1) is 0 Å². The maximum Gasteiger partial charge on any atom is 0.161 e. The Morgan fingerprint density at radius 2 is 0.745 bits per heavy atom. The summed E-state index contributed by atoms with van der Waals surface area (Å²) in [6.07, 6.45) is 0. The van der Waals surface area contributed by atoms with Crippen LogP contribution in [0.25, 0.3) is 88.5 Å². The van der Waals surface area contributed by atoms with E-state index in [0.29, 0.717) is 0 Å². The zero-order valence-electron chi connectivity index (χ0n) is 29.9. The van der Waals surface area contributed by atoms with Crippen molar-refractivity contribution in [1.82, 2.24) is 9.97 Å². The molecule has 2 heteroatoms. The monoisotopic (exact) mass is 696 g/mol. The first-order valence-corrected chi connectivity index (χ1v) is 19.0. The molecule has 2 nitrogen and oxygen atoms in total. The SMILES string of the molecule is c1ccc(-c2nc(-c3c4ccccc4c(-c4cccc5c4-c4ccccc4C54c5ccccc5-c5ccccc54)c4ccccc34)nc3ccccc23)cc1. The summed E-state index contributed by atoms with van der Waals surface area (Å²) in [6, 6.07) is 70.7. The highest BCUT2D eigenvalue weighted by molar-refractivity contribution is 6.22. The molecule has 0 radical (unpaired) electrons. The van der Waals surface area contributed by atoms with Crippen LogP contribution in [-0.2, 0) is 5.41 Å². The van der Waals surface area contributed by atoms with Gasteiger partial charge in [-0.2, -0.15) is 0 Å². The van der Waals surface area contributed by atoms with Crippen molar-refractivity contribution in [3.63, 3.8) is 0 Å². The van der Waals surface area contributed by atoms with Crippen molar-refractivity contribution in [3.05, 3.63) is 216 Å². The number of para-hydroxylation sites is 1. The van der Waals surface area contributed by atoms with Crippen LogP contribution >= 0.6 is 0 Å². The predicted octanol–water partition coefficient (Wildman–Crippen LogP) is 13.3. The first-order chi connectivity index (χ1) is 27.3. The third kappa shape index (κ3) is 4.03. The number of benzene rings is 9. The fourth-order valence-electron chi connectivity index (χ4n) is 10.0. The lowest BCUT2D eigenvalue weighted by Crippen LogP contribution is -2.25. The van der Waals surface area contributed by atoms with Crippen molar-refractivity contribution in [2.75, 3.05) is 0 Å². The molecule has 1 aromatic heterocycles. The van der Waals surface area contributed by atoms with Crippen LogP contribution in [0.3, 0.4) is 0 Å². The van der Waals surface area contributed by atoms with E-state index in [0.717, 1.165) is 44.3 Å². The first-order valence-electron chi connectivity index (χ1n) is 19.0. The molecule has 0 amide bonds. The molecule has 0 aliphatic heterocycles. The number of rotatable bonds is 3. The Morgan fingerprint density at radius 1 is 0.291 bits per heavy atom. The zero-order chi connectivity index (χ0) is 36.1. The molecule has 0 atom stereocenters. The highest BCUT2D eigenvalue weighted by Gasteiger charge is 2.52. The lowest BCUT2D eigenvalue weighted by molar-refractivity contribution is 0.794. The first kappa shape index (κ1) is 30.3. The molecule has 9 aromatic carbocycles.